The third-order valence-electron chi connectivity index (χ3n) is 6.05. The van der Waals surface area contributed by atoms with E-state index in [9.17, 15) is 9.59 Å². The van der Waals surface area contributed by atoms with E-state index in [1.165, 1.54) is 5.69 Å². The minimum Gasteiger partial charge on any atom is -0.341 e. The van der Waals surface area contributed by atoms with Crippen molar-refractivity contribution in [1.29, 1.82) is 0 Å². The van der Waals surface area contributed by atoms with Gasteiger partial charge in [-0.15, -0.1) is 0 Å². The molecule has 5 heteroatoms. The molecule has 2 aromatic carbocycles. The summed E-state index contributed by atoms with van der Waals surface area (Å²) in [6.07, 6.45) is 1.69. The predicted molar refractivity (Wildman–Crippen MR) is 124 cm³/mol. The van der Waals surface area contributed by atoms with Crippen LogP contribution in [0, 0.1) is 13.8 Å². The lowest BCUT2D eigenvalue weighted by Gasteiger charge is -2.33. The van der Waals surface area contributed by atoms with Gasteiger partial charge in [0, 0.05) is 42.0 Å². The number of Topliss-reactive ketones (excluding diaryl/α,β-unsaturated/α-hetero) is 1. The summed E-state index contributed by atoms with van der Waals surface area (Å²) in [4.78, 5) is 27.1. The van der Waals surface area contributed by atoms with Gasteiger partial charge in [0.2, 0.25) is 5.91 Å². The van der Waals surface area contributed by atoms with Gasteiger partial charge in [0.15, 0.2) is 0 Å². The normalized spacial score (nSPS) is 13.2. The number of benzene rings is 2. The van der Waals surface area contributed by atoms with E-state index in [0.29, 0.717) is 24.4 Å². The summed E-state index contributed by atoms with van der Waals surface area (Å²) in [5.74, 6) is 0.262. The van der Waals surface area contributed by atoms with Crippen molar-refractivity contribution in [2.45, 2.75) is 53.5 Å². The zero-order chi connectivity index (χ0) is 21.6. The van der Waals surface area contributed by atoms with E-state index in [2.05, 4.69) is 24.5 Å². The summed E-state index contributed by atoms with van der Waals surface area (Å²) >= 11 is 6.14. The minimum absolute atomic E-state index is 0.110. The molecule has 0 unspecified atom stereocenters. The molecular weight excluding hydrogens is 396 g/mol. The van der Waals surface area contributed by atoms with E-state index >= 15 is 0 Å². The van der Waals surface area contributed by atoms with Gasteiger partial charge < -0.3 is 9.47 Å². The Balaban J connectivity index is 2.09. The maximum Gasteiger partial charge on any atom is 0.227 e. The van der Waals surface area contributed by atoms with Crippen molar-refractivity contribution in [2.75, 3.05) is 11.4 Å². The molecule has 0 bridgehead atoms. The molecule has 2 heterocycles. The van der Waals surface area contributed by atoms with Crippen molar-refractivity contribution in [3.8, 4) is 11.1 Å². The number of nitrogens with zero attached hydrogens (tertiary/aromatic N) is 2. The molecule has 3 aromatic rings. The van der Waals surface area contributed by atoms with Gasteiger partial charge in [0.05, 0.1) is 11.2 Å². The van der Waals surface area contributed by atoms with Crippen LogP contribution in [-0.2, 0) is 22.6 Å². The summed E-state index contributed by atoms with van der Waals surface area (Å²) in [6.45, 7) is 9.26. The van der Waals surface area contributed by atoms with Gasteiger partial charge in [-0.25, -0.2) is 0 Å². The first-order valence-corrected chi connectivity index (χ1v) is 10.9. The Morgan fingerprint density at radius 1 is 1.10 bits per heavy atom. The Morgan fingerprint density at radius 2 is 1.80 bits per heavy atom. The molecule has 1 amide bonds. The lowest BCUT2D eigenvalue weighted by atomic mass is 9.88. The molecule has 0 saturated heterocycles. The van der Waals surface area contributed by atoms with E-state index in [4.69, 9.17) is 11.6 Å². The van der Waals surface area contributed by atoms with Crippen LogP contribution in [0.2, 0.25) is 5.02 Å². The van der Waals surface area contributed by atoms with Crippen molar-refractivity contribution in [1.82, 2.24) is 4.57 Å². The molecular formula is C25H27ClN2O2. The first-order chi connectivity index (χ1) is 14.3. The summed E-state index contributed by atoms with van der Waals surface area (Å²) < 4.78 is 2.31. The molecule has 1 aliphatic rings. The highest BCUT2D eigenvalue weighted by Gasteiger charge is 2.30. The van der Waals surface area contributed by atoms with E-state index in [0.717, 1.165) is 51.8 Å². The average molecular weight is 423 g/mol. The van der Waals surface area contributed by atoms with Gasteiger partial charge in [0.1, 0.15) is 5.78 Å². The fourth-order valence-corrected chi connectivity index (χ4v) is 4.86. The lowest BCUT2D eigenvalue weighted by Crippen LogP contribution is -2.37. The maximum absolute atomic E-state index is 13.0. The smallest absolute Gasteiger partial charge is 0.227 e. The highest BCUT2D eigenvalue weighted by atomic mass is 35.5. The number of aryl methyl sites for hydroxylation is 1. The number of anilines is 1. The Hall–Kier alpha value is -2.59. The Kier molecular flexibility index (Phi) is 5.46. The van der Waals surface area contributed by atoms with Crippen LogP contribution in [0.3, 0.4) is 0 Å². The van der Waals surface area contributed by atoms with E-state index in [1.807, 2.05) is 36.1 Å². The van der Waals surface area contributed by atoms with Crippen LogP contribution in [0.5, 0.6) is 0 Å². The molecule has 4 nitrogen and oxygen atoms in total. The van der Waals surface area contributed by atoms with E-state index in [1.54, 1.807) is 6.92 Å². The SMILES string of the molecule is CCCC(=O)N1CCn2c(C)cc3c(-c4ccc(Cl)cc4)c(CC(C)=O)c(C)c1c32. The average Bonchev–Trinajstić information content (AvgIpc) is 3.03. The summed E-state index contributed by atoms with van der Waals surface area (Å²) in [5.41, 5.74) is 7.37. The van der Waals surface area contributed by atoms with Crippen LogP contribution in [0.4, 0.5) is 5.69 Å². The second-order valence-electron chi connectivity index (χ2n) is 8.21. The molecule has 0 atom stereocenters. The fourth-order valence-electron chi connectivity index (χ4n) is 4.74. The molecule has 0 saturated carbocycles. The molecule has 4 rings (SSSR count). The highest BCUT2D eigenvalue weighted by Crippen LogP contribution is 2.45. The molecule has 0 aliphatic carbocycles. The Morgan fingerprint density at radius 3 is 2.43 bits per heavy atom. The van der Waals surface area contributed by atoms with Crippen molar-refractivity contribution < 1.29 is 9.59 Å². The predicted octanol–water partition coefficient (Wildman–Crippen LogP) is 5.86. The van der Waals surface area contributed by atoms with Gasteiger partial charge in [0.25, 0.3) is 0 Å². The molecule has 1 aliphatic heterocycles. The van der Waals surface area contributed by atoms with Gasteiger partial charge in [-0.1, -0.05) is 30.7 Å². The maximum atomic E-state index is 13.0. The number of carbonyl (C=O) groups excluding carboxylic acids is 2. The molecule has 0 spiro atoms. The van der Waals surface area contributed by atoms with Gasteiger partial charge in [-0.3, -0.25) is 9.59 Å². The molecule has 0 radical (unpaired) electrons. The molecule has 156 valence electrons. The number of halogens is 1. The zero-order valence-corrected chi connectivity index (χ0v) is 18.8. The van der Waals surface area contributed by atoms with E-state index in [-0.39, 0.29) is 11.7 Å². The molecule has 1 aromatic heterocycles. The standard InChI is InChI=1S/C25H27ClN2O2/c1-5-6-22(30)28-12-11-27-15(2)13-21-23(18-7-9-19(26)10-8-18)20(14-16(3)29)17(4)24(28)25(21)27/h7-10,13H,5-6,11-12,14H2,1-4H3. The number of rotatable bonds is 5. The number of hydrogen-bond acceptors (Lipinski definition) is 2. The summed E-state index contributed by atoms with van der Waals surface area (Å²) in [5, 5.41) is 1.78. The lowest BCUT2D eigenvalue weighted by molar-refractivity contribution is -0.118. The highest BCUT2D eigenvalue weighted by molar-refractivity contribution is 6.30. The minimum atomic E-state index is 0.110. The molecule has 30 heavy (non-hydrogen) atoms. The van der Waals surface area contributed by atoms with Crippen LogP contribution >= 0.6 is 11.6 Å². The largest absolute Gasteiger partial charge is 0.341 e. The van der Waals surface area contributed by atoms with Crippen LogP contribution in [-0.4, -0.2) is 22.8 Å². The summed E-state index contributed by atoms with van der Waals surface area (Å²) in [6, 6.07) is 9.99. The number of hydrogen-bond donors (Lipinski definition) is 0. The van der Waals surface area contributed by atoms with Gasteiger partial charge in [-0.2, -0.15) is 0 Å². The van der Waals surface area contributed by atoms with Crippen LogP contribution in [0.1, 0.15) is 43.5 Å². The van der Waals surface area contributed by atoms with Crippen molar-refractivity contribution in [2.24, 2.45) is 0 Å². The second kappa shape index (κ2) is 7.92. The zero-order valence-electron chi connectivity index (χ0n) is 18.0. The Labute approximate surface area is 182 Å². The molecule has 0 N–H and O–H groups in total. The fraction of sp³-hybridized carbons (Fsp3) is 0.360. The quantitative estimate of drug-likeness (QED) is 0.517. The summed E-state index contributed by atoms with van der Waals surface area (Å²) in [7, 11) is 0. The molecule has 0 fully saturated rings. The van der Waals surface area contributed by atoms with Crippen molar-refractivity contribution >= 4 is 39.9 Å². The first kappa shape index (κ1) is 20.7. The number of amides is 1. The van der Waals surface area contributed by atoms with Gasteiger partial charge >= 0.3 is 0 Å². The first-order valence-electron chi connectivity index (χ1n) is 10.5. The topological polar surface area (TPSA) is 42.3 Å². The van der Waals surface area contributed by atoms with Crippen LogP contribution in [0.15, 0.2) is 30.3 Å². The Bertz CT molecular complexity index is 1160. The van der Waals surface area contributed by atoms with Crippen molar-refractivity contribution in [3.63, 3.8) is 0 Å². The van der Waals surface area contributed by atoms with Crippen LogP contribution < -0.4 is 4.90 Å². The third kappa shape index (κ3) is 3.33. The number of aromatic nitrogens is 1. The number of carbonyl (C=O) groups is 2. The second-order valence-corrected chi connectivity index (χ2v) is 8.64. The third-order valence-corrected chi connectivity index (χ3v) is 6.30. The monoisotopic (exact) mass is 422 g/mol. The van der Waals surface area contributed by atoms with Crippen LogP contribution in [0.25, 0.3) is 22.0 Å². The number of ketones is 1. The van der Waals surface area contributed by atoms with Gasteiger partial charge in [-0.05, 0) is 67.6 Å². The van der Waals surface area contributed by atoms with Crippen molar-refractivity contribution in [3.05, 3.63) is 52.2 Å². The van der Waals surface area contributed by atoms with E-state index < -0.39 is 0 Å².